The highest BCUT2D eigenvalue weighted by atomic mass is 16.5. The molecule has 1 atom stereocenters. The summed E-state index contributed by atoms with van der Waals surface area (Å²) in [6.07, 6.45) is 10.5. The number of pyridine rings is 1. The lowest BCUT2D eigenvalue weighted by Crippen LogP contribution is -2.46. The lowest BCUT2D eigenvalue weighted by atomic mass is 9.86. The first-order chi connectivity index (χ1) is 14.2. The summed E-state index contributed by atoms with van der Waals surface area (Å²) in [5.41, 5.74) is 3.75. The molecule has 2 heterocycles. The molecule has 1 saturated carbocycles. The molecule has 0 bridgehead atoms. The van der Waals surface area contributed by atoms with Crippen LogP contribution in [0.4, 0.5) is 0 Å². The van der Waals surface area contributed by atoms with Crippen molar-refractivity contribution in [2.24, 2.45) is 4.99 Å². The third-order valence-corrected chi connectivity index (χ3v) is 6.15. The predicted molar refractivity (Wildman–Crippen MR) is 117 cm³/mol. The van der Waals surface area contributed by atoms with Crippen LogP contribution in [0.1, 0.15) is 61.8 Å². The number of hydrogen-bond acceptors (Lipinski definition) is 3. The maximum absolute atomic E-state index is 6.50. The molecule has 4 rings (SSSR count). The van der Waals surface area contributed by atoms with Gasteiger partial charge in [0.1, 0.15) is 11.4 Å². The van der Waals surface area contributed by atoms with E-state index in [9.17, 15) is 0 Å². The molecule has 1 fully saturated rings. The lowest BCUT2D eigenvalue weighted by Gasteiger charge is -2.40. The van der Waals surface area contributed by atoms with Crippen molar-refractivity contribution in [2.75, 3.05) is 13.1 Å². The molecule has 29 heavy (non-hydrogen) atoms. The van der Waals surface area contributed by atoms with Gasteiger partial charge in [0.15, 0.2) is 5.96 Å². The third kappa shape index (κ3) is 4.55. The van der Waals surface area contributed by atoms with E-state index in [-0.39, 0.29) is 11.6 Å². The van der Waals surface area contributed by atoms with Crippen LogP contribution >= 0.6 is 0 Å². The zero-order valence-corrected chi connectivity index (χ0v) is 17.6. The minimum Gasteiger partial charge on any atom is -0.487 e. The van der Waals surface area contributed by atoms with Crippen LogP contribution in [0, 0.1) is 6.92 Å². The second-order valence-electron chi connectivity index (χ2n) is 8.24. The Morgan fingerprint density at radius 3 is 2.86 bits per heavy atom. The highest BCUT2D eigenvalue weighted by Crippen LogP contribution is 2.46. The number of para-hydroxylation sites is 1. The van der Waals surface area contributed by atoms with Crippen molar-refractivity contribution in [3.8, 4) is 5.75 Å². The standard InChI is InChI=1S/C24H32N4O/c1-3-26-23(27-15-11-19-10-14-25-17-18(19)2)28-21-16-24(12-6-7-13-24)29-22-9-5-4-8-20(21)22/h4-5,8-10,14,17,21H,3,6-7,11-13,15-16H2,1-2H3,(H2,26,27,28). The first-order valence-electron chi connectivity index (χ1n) is 10.9. The summed E-state index contributed by atoms with van der Waals surface area (Å²) in [4.78, 5) is 9.04. The minimum absolute atomic E-state index is 0.0164. The SMILES string of the molecule is CCNC(=NCCc1ccncc1C)NC1CC2(CCCC2)Oc2ccccc21. The van der Waals surface area contributed by atoms with E-state index in [2.05, 4.69) is 59.8 Å². The van der Waals surface area contributed by atoms with Gasteiger partial charge in [-0.1, -0.05) is 18.2 Å². The van der Waals surface area contributed by atoms with Crippen LogP contribution in [0.15, 0.2) is 47.7 Å². The first kappa shape index (κ1) is 19.7. The van der Waals surface area contributed by atoms with Crippen molar-refractivity contribution in [3.63, 3.8) is 0 Å². The molecule has 2 N–H and O–H groups in total. The molecule has 1 spiro atoms. The van der Waals surface area contributed by atoms with Gasteiger partial charge in [0.25, 0.3) is 0 Å². The quantitative estimate of drug-likeness (QED) is 0.588. The number of aromatic nitrogens is 1. The third-order valence-electron chi connectivity index (χ3n) is 6.15. The Morgan fingerprint density at radius 1 is 1.24 bits per heavy atom. The van der Waals surface area contributed by atoms with Gasteiger partial charge in [-0.15, -0.1) is 0 Å². The number of aliphatic imine (C=N–C) groups is 1. The second-order valence-corrected chi connectivity index (χ2v) is 8.24. The summed E-state index contributed by atoms with van der Waals surface area (Å²) in [5, 5.41) is 7.14. The van der Waals surface area contributed by atoms with E-state index >= 15 is 0 Å². The van der Waals surface area contributed by atoms with Crippen LogP contribution in [0.2, 0.25) is 0 Å². The summed E-state index contributed by atoms with van der Waals surface area (Å²) in [6, 6.07) is 10.8. The molecule has 1 aromatic heterocycles. The van der Waals surface area contributed by atoms with Crippen molar-refractivity contribution < 1.29 is 4.74 Å². The zero-order chi connectivity index (χ0) is 20.1. The average Bonchev–Trinajstić information content (AvgIpc) is 3.17. The molecule has 154 valence electrons. The summed E-state index contributed by atoms with van der Waals surface area (Å²) in [5.74, 6) is 1.91. The molecule has 1 unspecified atom stereocenters. The van der Waals surface area contributed by atoms with Gasteiger partial charge in [-0.2, -0.15) is 0 Å². The number of fused-ring (bicyclic) bond motifs is 1. The van der Waals surface area contributed by atoms with Crippen molar-refractivity contribution in [3.05, 3.63) is 59.4 Å². The van der Waals surface area contributed by atoms with Gasteiger partial charge in [-0.05, 0) is 69.2 Å². The number of benzene rings is 1. The van der Waals surface area contributed by atoms with Crippen molar-refractivity contribution >= 4 is 5.96 Å². The maximum atomic E-state index is 6.50. The van der Waals surface area contributed by atoms with Gasteiger partial charge in [0.2, 0.25) is 0 Å². The number of nitrogens with one attached hydrogen (secondary N) is 2. The number of guanidine groups is 1. The molecule has 0 amide bonds. The van der Waals surface area contributed by atoms with Gasteiger partial charge in [-0.3, -0.25) is 9.98 Å². The number of rotatable bonds is 5. The van der Waals surface area contributed by atoms with Gasteiger partial charge in [0, 0.05) is 37.5 Å². The Balaban J connectivity index is 1.50. The Bertz CT molecular complexity index is 857. The Kier molecular flexibility index (Phi) is 6.02. The summed E-state index contributed by atoms with van der Waals surface area (Å²) in [6.45, 7) is 5.81. The highest BCUT2D eigenvalue weighted by molar-refractivity contribution is 5.80. The number of nitrogens with zero attached hydrogens (tertiary/aromatic N) is 2. The molecular weight excluding hydrogens is 360 g/mol. The van der Waals surface area contributed by atoms with E-state index in [4.69, 9.17) is 9.73 Å². The first-order valence-corrected chi connectivity index (χ1v) is 10.9. The smallest absolute Gasteiger partial charge is 0.191 e. The molecular formula is C24H32N4O. The fourth-order valence-corrected chi connectivity index (χ4v) is 4.63. The number of aryl methyl sites for hydroxylation is 1. The summed E-state index contributed by atoms with van der Waals surface area (Å²) in [7, 11) is 0. The van der Waals surface area contributed by atoms with Crippen LogP contribution in [0.25, 0.3) is 0 Å². The van der Waals surface area contributed by atoms with E-state index in [1.54, 1.807) is 0 Å². The fourth-order valence-electron chi connectivity index (χ4n) is 4.63. The lowest BCUT2D eigenvalue weighted by molar-refractivity contribution is 0.0396. The van der Waals surface area contributed by atoms with E-state index < -0.39 is 0 Å². The van der Waals surface area contributed by atoms with Crippen LogP contribution in [0.3, 0.4) is 0 Å². The average molecular weight is 393 g/mol. The van der Waals surface area contributed by atoms with E-state index in [1.165, 1.54) is 29.5 Å². The van der Waals surface area contributed by atoms with Crippen LogP contribution in [-0.2, 0) is 6.42 Å². The van der Waals surface area contributed by atoms with E-state index in [1.807, 2.05) is 12.4 Å². The Labute approximate surface area is 174 Å². The monoisotopic (exact) mass is 392 g/mol. The molecule has 0 saturated heterocycles. The molecule has 2 aromatic rings. The molecule has 2 aliphatic rings. The molecule has 0 radical (unpaired) electrons. The van der Waals surface area contributed by atoms with E-state index in [0.717, 1.165) is 50.5 Å². The van der Waals surface area contributed by atoms with Crippen molar-refractivity contribution in [1.82, 2.24) is 15.6 Å². The van der Waals surface area contributed by atoms with E-state index in [0.29, 0.717) is 0 Å². The number of hydrogen-bond donors (Lipinski definition) is 2. The fraction of sp³-hybridized carbons (Fsp3) is 0.500. The van der Waals surface area contributed by atoms with Crippen molar-refractivity contribution in [1.29, 1.82) is 0 Å². The normalized spacial score (nSPS) is 20.2. The largest absolute Gasteiger partial charge is 0.487 e. The van der Waals surface area contributed by atoms with Gasteiger partial charge in [-0.25, -0.2) is 0 Å². The van der Waals surface area contributed by atoms with Crippen molar-refractivity contribution in [2.45, 2.75) is 64.0 Å². The molecule has 5 heteroatoms. The topological polar surface area (TPSA) is 58.5 Å². The molecule has 5 nitrogen and oxygen atoms in total. The number of ether oxygens (including phenoxy) is 1. The zero-order valence-electron chi connectivity index (χ0n) is 17.6. The maximum Gasteiger partial charge on any atom is 0.191 e. The van der Waals surface area contributed by atoms with Gasteiger partial charge in [0.05, 0.1) is 6.04 Å². The Hall–Kier alpha value is -2.56. The second kappa shape index (κ2) is 8.85. The van der Waals surface area contributed by atoms with Crippen LogP contribution in [0.5, 0.6) is 5.75 Å². The van der Waals surface area contributed by atoms with Crippen LogP contribution in [-0.4, -0.2) is 29.6 Å². The molecule has 1 aliphatic heterocycles. The van der Waals surface area contributed by atoms with Crippen LogP contribution < -0.4 is 15.4 Å². The predicted octanol–water partition coefficient (Wildman–Crippen LogP) is 4.32. The molecule has 1 aromatic carbocycles. The molecule has 1 aliphatic carbocycles. The summed E-state index contributed by atoms with van der Waals surface area (Å²) < 4.78 is 6.50. The minimum atomic E-state index is -0.0164. The highest BCUT2D eigenvalue weighted by Gasteiger charge is 2.43. The summed E-state index contributed by atoms with van der Waals surface area (Å²) >= 11 is 0. The van der Waals surface area contributed by atoms with Gasteiger partial charge < -0.3 is 15.4 Å². The Morgan fingerprint density at radius 2 is 2.07 bits per heavy atom. The van der Waals surface area contributed by atoms with Gasteiger partial charge >= 0.3 is 0 Å².